The van der Waals surface area contributed by atoms with Crippen LogP contribution in [0.25, 0.3) is 0 Å². The molecule has 0 radical (unpaired) electrons. The Balaban J connectivity index is 2.39. The van der Waals surface area contributed by atoms with Gasteiger partial charge in [-0.3, -0.25) is 0 Å². The molecule has 2 aromatic rings. The lowest BCUT2D eigenvalue weighted by Gasteiger charge is -2.11. The fourth-order valence-electron chi connectivity index (χ4n) is 1.48. The van der Waals surface area contributed by atoms with Gasteiger partial charge in [0.15, 0.2) is 0 Å². The van der Waals surface area contributed by atoms with Crippen LogP contribution < -0.4 is 5.32 Å². The highest BCUT2D eigenvalue weighted by Gasteiger charge is 2.35. The first kappa shape index (κ1) is 14.9. The zero-order valence-corrected chi connectivity index (χ0v) is 11.6. The maximum atomic E-state index is 12.6. The van der Waals surface area contributed by atoms with Crippen molar-refractivity contribution in [2.24, 2.45) is 0 Å². The molecule has 8 heteroatoms. The van der Waals surface area contributed by atoms with Crippen molar-refractivity contribution in [3.63, 3.8) is 0 Å². The first-order valence-electron chi connectivity index (χ1n) is 5.40. The minimum atomic E-state index is -4.66. The molecule has 0 fully saturated rings. The van der Waals surface area contributed by atoms with Crippen molar-refractivity contribution in [2.45, 2.75) is 13.1 Å². The van der Waals surface area contributed by atoms with E-state index in [0.29, 0.717) is 10.7 Å². The second-order valence-electron chi connectivity index (χ2n) is 3.98. The van der Waals surface area contributed by atoms with Gasteiger partial charge in [-0.2, -0.15) is 13.2 Å². The molecule has 1 N–H and O–H groups in total. The number of aromatic nitrogens is 2. The maximum absolute atomic E-state index is 12.6. The van der Waals surface area contributed by atoms with E-state index >= 15 is 0 Å². The van der Waals surface area contributed by atoms with Gasteiger partial charge in [0.1, 0.15) is 11.0 Å². The third-order valence-electron chi connectivity index (χ3n) is 2.41. The van der Waals surface area contributed by atoms with Gasteiger partial charge in [0.05, 0.1) is 0 Å². The van der Waals surface area contributed by atoms with Crippen molar-refractivity contribution in [2.75, 3.05) is 5.32 Å². The molecule has 1 aromatic heterocycles. The Morgan fingerprint density at radius 3 is 2.45 bits per heavy atom. The molecule has 1 aromatic carbocycles. The molecule has 0 atom stereocenters. The summed E-state index contributed by atoms with van der Waals surface area (Å²) in [7, 11) is 0. The number of nitrogens with one attached hydrogen (secondary N) is 1. The summed E-state index contributed by atoms with van der Waals surface area (Å²) in [5.74, 6) is -1.35. The number of hydrogen-bond acceptors (Lipinski definition) is 3. The molecule has 0 aliphatic heterocycles. The number of rotatable bonds is 2. The van der Waals surface area contributed by atoms with Gasteiger partial charge in [0.2, 0.25) is 5.82 Å². The Bertz CT molecular complexity index is 644. The smallest absolute Gasteiger partial charge is 0.340 e. The minimum Gasteiger partial charge on any atom is -0.340 e. The van der Waals surface area contributed by atoms with Gasteiger partial charge in [0, 0.05) is 16.8 Å². The number of hydrogen-bond donors (Lipinski definition) is 1. The SMILES string of the molecule is Cc1ccc(Cl)cc1Nc1cc(Cl)nc(C(F)(F)F)n1. The van der Waals surface area contributed by atoms with E-state index in [1.165, 1.54) is 6.07 Å². The minimum absolute atomic E-state index is 0.0531. The van der Waals surface area contributed by atoms with E-state index in [1.807, 2.05) is 0 Å². The second kappa shape index (κ2) is 5.46. The lowest BCUT2D eigenvalue weighted by Crippen LogP contribution is -2.12. The molecule has 0 spiro atoms. The van der Waals surface area contributed by atoms with Crippen molar-refractivity contribution in [1.29, 1.82) is 0 Å². The van der Waals surface area contributed by atoms with E-state index in [4.69, 9.17) is 23.2 Å². The Kier molecular flexibility index (Phi) is 4.06. The third-order valence-corrected chi connectivity index (χ3v) is 2.84. The number of anilines is 2. The average molecular weight is 322 g/mol. The van der Waals surface area contributed by atoms with E-state index in [9.17, 15) is 13.2 Å². The molecule has 0 saturated carbocycles. The average Bonchev–Trinajstić information content (AvgIpc) is 2.32. The van der Waals surface area contributed by atoms with Gasteiger partial charge in [-0.25, -0.2) is 9.97 Å². The summed E-state index contributed by atoms with van der Waals surface area (Å²) < 4.78 is 37.8. The van der Waals surface area contributed by atoms with Gasteiger partial charge in [0.25, 0.3) is 0 Å². The molecule has 3 nitrogen and oxygen atoms in total. The number of benzene rings is 1. The van der Waals surface area contributed by atoms with Crippen LogP contribution in [0.5, 0.6) is 0 Å². The Morgan fingerprint density at radius 1 is 1.10 bits per heavy atom. The molecule has 0 amide bonds. The normalized spacial score (nSPS) is 11.5. The van der Waals surface area contributed by atoms with E-state index in [2.05, 4.69) is 15.3 Å². The molecule has 0 saturated heterocycles. The van der Waals surface area contributed by atoms with E-state index in [0.717, 1.165) is 5.56 Å². The number of halogens is 5. The number of alkyl halides is 3. The summed E-state index contributed by atoms with van der Waals surface area (Å²) in [5.41, 5.74) is 1.35. The Hall–Kier alpha value is -1.53. The van der Waals surface area contributed by atoms with Crippen LogP contribution in [0.15, 0.2) is 24.3 Å². The Labute approximate surface area is 122 Å². The molecular weight excluding hydrogens is 314 g/mol. The molecule has 1 heterocycles. The van der Waals surface area contributed by atoms with E-state index in [1.54, 1.807) is 25.1 Å². The van der Waals surface area contributed by atoms with Crippen LogP contribution >= 0.6 is 23.2 Å². The van der Waals surface area contributed by atoms with Gasteiger partial charge in [-0.05, 0) is 24.6 Å². The highest BCUT2D eigenvalue weighted by atomic mass is 35.5. The number of nitrogens with zero attached hydrogens (tertiary/aromatic N) is 2. The van der Waals surface area contributed by atoms with Crippen molar-refractivity contribution >= 4 is 34.7 Å². The summed E-state index contributed by atoms with van der Waals surface area (Å²) in [4.78, 5) is 6.55. The second-order valence-corrected chi connectivity index (χ2v) is 4.81. The van der Waals surface area contributed by atoms with Crippen LogP contribution in [0.3, 0.4) is 0 Å². The van der Waals surface area contributed by atoms with Crippen molar-refractivity contribution in [3.05, 3.63) is 45.8 Å². The van der Waals surface area contributed by atoms with Crippen molar-refractivity contribution < 1.29 is 13.2 Å². The van der Waals surface area contributed by atoms with Crippen LogP contribution in [0, 0.1) is 6.92 Å². The van der Waals surface area contributed by atoms with Crippen LogP contribution in [0.1, 0.15) is 11.4 Å². The zero-order valence-electron chi connectivity index (χ0n) is 10.1. The fourth-order valence-corrected chi connectivity index (χ4v) is 1.83. The predicted molar refractivity (Wildman–Crippen MR) is 71.5 cm³/mol. The molecule has 0 aliphatic carbocycles. The Morgan fingerprint density at radius 2 is 1.80 bits per heavy atom. The van der Waals surface area contributed by atoms with Crippen LogP contribution in [-0.4, -0.2) is 9.97 Å². The monoisotopic (exact) mass is 321 g/mol. The third kappa shape index (κ3) is 3.52. The zero-order chi connectivity index (χ0) is 14.9. The molecule has 2 rings (SSSR count). The quantitative estimate of drug-likeness (QED) is 0.803. The topological polar surface area (TPSA) is 37.8 Å². The highest BCUT2D eigenvalue weighted by molar-refractivity contribution is 6.31. The fraction of sp³-hybridized carbons (Fsp3) is 0.167. The van der Waals surface area contributed by atoms with Crippen LogP contribution in [0.4, 0.5) is 24.7 Å². The van der Waals surface area contributed by atoms with Gasteiger partial charge < -0.3 is 5.32 Å². The largest absolute Gasteiger partial charge is 0.451 e. The summed E-state index contributed by atoms with van der Waals surface area (Å²) in [5, 5.41) is 2.90. The van der Waals surface area contributed by atoms with Crippen LogP contribution in [0.2, 0.25) is 10.2 Å². The predicted octanol–water partition coefficient (Wildman–Crippen LogP) is 4.85. The molecule has 0 unspecified atom stereocenters. The van der Waals surface area contributed by atoms with Gasteiger partial charge >= 0.3 is 6.18 Å². The van der Waals surface area contributed by atoms with E-state index < -0.39 is 12.0 Å². The molecule has 0 aliphatic rings. The molecular formula is C12H8Cl2F3N3. The molecule has 0 bridgehead atoms. The first-order valence-corrected chi connectivity index (χ1v) is 6.16. The summed E-state index contributed by atoms with van der Waals surface area (Å²) >= 11 is 11.4. The summed E-state index contributed by atoms with van der Waals surface area (Å²) in [6.45, 7) is 1.78. The molecule has 20 heavy (non-hydrogen) atoms. The molecule has 106 valence electrons. The first-order chi connectivity index (χ1) is 9.25. The number of aryl methyl sites for hydroxylation is 1. The summed E-state index contributed by atoms with van der Waals surface area (Å²) in [6, 6.07) is 6.20. The van der Waals surface area contributed by atoms with Crippen molar-refractivity contribution in [1.82, 2.24) is 9.97 Å². The van der Waals surface area contributed by atoms with Crippen molar-refractivity contribution in [3.8, 4) is 0 Å². The highest BCUT2D eigenvalue weighted by Crippen LogP contribution is 2.30. The lowest BCUT2D eigenvalue weighted by molar-refractivity contribution is -0.144. The summed E-state index contributed by atoms with van der Waals surface area (Å²) in [6.07, 6.45) is -4.66. The standard InChI is InChI=1S/C12H8Cl2F3N3/c1-6-2-3-7(13)4-8(6)18-10-5-9(14)19-11(20-10)12(15,16)17/h2-5H,1H3,(H,18,19,20). The van der Waals surface area contributed by atoms with Gasteiger partial charge in [-0.15, -0.1) is 0 Å². The van der Waals surface area contributed by atoms with Gasteiger partial charge in [-0.1, -0.05) is 29.3 Å². The van der Waals surface area contributed by atoms with E-state index in [-0.39, 0.29) is 11.0 Å². The lowest BCUT2D eigenvalue weighted by atomic mass is 10.2. The maximum Gasteiger partial charge on any atom is 0.451 e. The van der Waals surface area contributed by atoms with Crippen LogP contribution in [-0.2, 0) is 6.18 Å².